The number of nitrogens with zero attached hydrogens (tertiary/aromatic N) is 1. The number of pyridine rings is 1. The maximum absolute atomic E-state index is 13.5. The van der Waals surface area contributed by atoms with Crippen LogP contribution in [0.3, 0.4) is 0 Å². The number of hydrogen-bond acceptors (Lipinski definition) is 3. The molecule has 0 saturated carbocycles. The van der Waals surface area contributed by atoms with Gasteiger partial charge in [-0.05, 0) is 30.3 Å². The number of hydrogen-bond donors (Lipinski definition) is 1. The Kier molecular flexibility index (Phi) is 9.93. The molecule has 0 unspecified atom stereocenters. The van der Waals surface area contributed by atoms with Crippen LogP contribution in [0, 0.1) is 43.5 Å². The Bertz CT molecular complexity index is 1180. The number of aliphatic hydroxyl groups excluding tert-OH is 1. The normalized spacial score (nSPS) is 12.0. The van der Waals surface area contributed by atoms with E-state index in [9.17, 15) is 14.3 Å². The van der Waals surface area contributed by atoms with E-state index >= 15 is 0 Å². The number of aliphatic hydroxyl groups is 1. The second-order valence-electron chi connectivity index (χ2n) is 10.6. The first kappa shape index (κ1) is 29.7. The smallest absolute Gasteiger partial charge is 0.164 e. The molecule has 185 valence electrons. The van der Waals surface area contributed by atoms with Gasteiger partial charge in [0.25, 0.3) is 0 Å². The quantitative estimate of drug-likeness (QED) is 0.176. The number of carbonyl (C=O) groups excluding carboxylic acids is 1. The summed E-state index contributed by atoms with van der Waals surface area (Å²) in [5.41, 5.74) is 4.80. The molecule has 0 bridgehead atoms. The SMILES string of the molecule is CC(C)(C)C(=O)/C=C(\O)C(C)(C)C.Cc1[c-]c(-c2ccc3cc(F)c(C)cc3n2)cc(C)c1.[Ir]. The van der Waals surface area contributed by atoms with Crippen LogP contribution in [0.2, 0.25) is 0 Å². The predicted octanol–water partition coefficient (Wildman–Crippen LogP) is 7.85. The average Bonchev–Trinajstić information content (AvgIpc) is 2.66. The molecule has 2 aromatic carbocycles. The number of ketones is 1. The molecule has 5 heteroatoms. The van der Waals surface area contributed by atoms with Gasteiger partial charge in [-0.2, -0.15) is 0 Å². The number of carbonyl (C=O) groups is 1. The molecule has 1 radical (unpaired) electrons. The molecule has 1 aromatic heterocycles. The Morgan fingerprint density at radius 3 is 2.12 bits per heavy atom. The summed E-state index contributed by atoms with van der Waals surface area (Å²) >= 11 is 0. The molecule has 0 aliphatic heterocycles. The third-order valence-corrected chi connectivity index (χ3v) is 5.17. The molecule has 0 amide bonds. The summed E-state index contributed by atoms with van der Waals surface area (Å²) in [4.78, 5) is 16.1. The summed E-state index contributed by atoms with van der Waals surface area (Å²) in [5.74, 6) is -0.0858. The second kappa shape index (κ2) is 11.4. The van der Waals surface area contributed by atoms with Crippen LogP contribution in [-0.4, -0.2) is 15.9 Å². The van der Waals surface area contributed by atoms with E-state index in [0.29, 0.717) is 5.56 Å². The zero-order valence-electron chi connectivity index (χ0n) is 21.6. The zero-order chi connectivity index (χ0) is 25.1. The molecule has 3 nitrogen and oxygen atoms in total. The molecular weight excluding hydrogens is 606 g/mol. The fourth-order valence-corrected chi connectivity index (χ4v) is 2.99. The van der Waals surface area contributed by atoms with Crippen LogP contribution in [0.4, 0.5) is 4.39 Å². The van der Waals surface area contributed by atoms with E-state index in [1.165, 1.54) is 17.7 Å². The first-order valence-corrected chi connectivity index (χ1v) is 11.1. The number of aromatic nitrogens is 1. The molecule has 0 fully saturated rings. The van der Waals surface area contributed by atoms with Crippen molar-refractivity contribution in [1.29, 1.82) is 0 Å². The third kappa shape index (κ3) is 8.14. The van der Waals surface area contributed by atoms with E-state index in [1.54, 1.807) is 13.0 Å². The van der Waals surface area contributed by atoms with Crippen molar-refractivity contribution in [3.8, 4) is 11.3 Å². The van der Waals surface area contributed by atoms with E-state index in [4.69, 9.17) is 0 Å². The van der Waals surface area contributed by atoms with Crippen LogP contribution in [0.5, 0.6) is 0 Å². The number of rotatable bonds is 2. The molecular formula is C29H35FIrNO2-. The standard InChI is InChI=1S/C18H15FN.C11H20O2.Ir/c1-11-6-12(2)8-15(7-11)17-5-4-14-10-16(19)13(3)9-18(14)20-17;1-10(2,3)8(12)7-9(13)11(4,5)6;/h4-7,9-10H,1-3H3;7,12H,1-6H3;/q-1;;/b;8-7-;. The summed E-state index contributed by atoms with van der Waals surface area (Å²) in [6.45, 7) is 17.0. The van der Waals surface area contributed by atoms with E-state index in [1.807, 2.05) is 60.6 Å². The van der Waals surface area contributed by atoms with Gasteiger partial charge >= 0.3 is 0 Å². The summed E-state index contributed by atoms with van der Waals surface area (Å²) in [5, 5.41) is 10.4. The van der Waals surface area contributed by atoms with E-state index in [2.05, 4.69) is 30.1 Å². The van der Waals surface area contributed by atoms with Crippen LogP contribution in [0.1, 0.15) is 58.2 Å². The van der Waals surface area contributed by atoms with Gasteiger partial charge in [-0.25, -0.2) is 4.39 Å². The minimum absolute atomic E-state index is 0. The molecule has 0 aliphatic carbocycles. The van der Waals surface area contributed by atoms with Crippen molar-refractivity contribution in [2.24, 2.45) is 10.8 Å². The van der Waals surface area contributed by atoms with Crippen molar-refractivity contribution >= 4 is 16.7 Å². The van der Waals surface area contributed by atoms with E-state index in [0.717, 1.165) is 27.7 Å². The Morgan fingerprint density at radius 1 is 0.971 bits per heavy atom. The van der Waals surface area contributed by atoms with Crippen LogP contribution >= 0.6 is 0 Å². The Morgan fingerprint density at radius 2 is 1.59 bits per heavy atom. The van der Waals surface area contributed by atoms with Crippen LogP contribution in [0.15, 0.2) is 48.2 Å². The molecule has 3 rings (SSSR count). The first-order valence-electron chi connectivity index (χ1n) is 11.1. The molecule has 1 heterocycles. The average molecular weight is 641 g/mol. The fraction of sp³-hybridized carbons (Fsp3) is 0.379. The maximum Gasteiger partial charge on any atom is 0.164 e. The van der Waals surface area contributed by atoms with Gasteiger partial charge in [0, 0.05) is 42.4 Å². The van der Waals surface area contributed by atoms with Crippen molar-refractivity contribution in [3.05, 3.63) is 76.8 Å². The number of allylic oxidation sites excluding steroid dienone is 2. The molecule has 0 atom stereocenters. The third-order valence-electron chi connectivity index (χ3n) is 5.17. The van der Waals surface area contributed by atoms with Gasteiger partial charge in [-0.3, -0.25) is 9.78 Å². The van der Waals surface area contributed by atoms with Gasteiger partial charge in [0.2, 0.25) is 0 Å². The number of halogens is 1. The Labute approximate surface area is 216 Å². The fourth-order valence-electron chi connectivity index (χ4n) is 2.99. The zero-order valence-corrected chi connectivity index (χ0v) is 24.0. The van der Waals surface area contributed by atoms with Crippen LogP contribution in [0.25, 0.3) is 22.2 Å². The summed E-state index contributed by atoms with van der Waals surface area (Å²) in [6, 6.07) is 14.6. The first-order chi connectivity index (χ1) is 15.1. The van der Waals surface area contributed by atoms with Gasteiger partial charge in [0.15, 0.2) is 5.78 Å². The molecule has 34 heavy (non-hydrogen) atoms. The number of fused-ring (bicyclic) bond motifs is 1. The van der Waals surface area contributed by atoms with Gasteiger partial charge in [-0.15, -0.1) is 34.9 Å². The topological polar surface area (TPSA) is 50.2 Å². The van der Waals surface area contributed by atoms with Crippen LogP contribution in [-0.2, 0) is 24.9 Å². The Hall–Kier alpha value is -2.36. The van der Waals surface area contributed by atoms with Crippen molar-refractivity contribution < 1.29 is 34.4 Å². The summed E-state index contributed by atoms with van der Waals surface area (Å²) < 4.78 is 13.5. The Balaban J connectivity index is 0.000000364. The van der Waals surface area contributed by atoms with Crippen molar-refractivity contribution in [2.45, 2.75) is 62.3 Å². The molecule has 0 spiro atoms. The monoisotopic (exact) mass is 641 g/mol. The molecule has 1 N–H and O–H groups in total. The number of benzene rings is 2. The van der Waals surface area contributed by atoms with E-state index in [-0.39, 0.29) is 42.9 Å². The van der Waals surface area contributed by atoms with Crippen LogP contribution < -0.4 is 0 Å². The van der Waals surface area contributed by atoms with E-state index < -0.39 is 5.41 Å². The minimum Gasteiger partial charge on any atom is -0.512 e. The summed E-state index contributed by atoms with van der Waals surface area (Å²) in [6.07, 6.45) is 1.33. The minimum atomic E-state index is -0.417. The summed E-state index contributed by atoms with van der Waals surface area (Å²) in [7, 11) is 0. The van der Waals surface area contributed by atoms with Gasteiger partial charge in [0.1, 0.15) is 11.6 Å². The van der Waals surface area contributed by atoms with Gasteiger partial charge < -0.3 is 5.11 Å². The molecule has 0 aliphatic rings. The molecule has 0 saturated heterocycles. The second-order valence-corrected chi connectivity index (χ2v) is 10.6. The number of aryl methyl sites for hydroxylation is 3. The van der Waals surface area contributed by atoms with Crippen molar-refractivity contribution in [2.75, 3.05) is 0 Å². The van der Waals surface area contributed by atoms with Gasteiger partial charge in [-0.1, -0.05) is 67.5 Å². The molecule has 3 aromatic rings. The predicted molar refractivity (Wildman–Crippen MR) is 135 cm³/mol. The largest absolute Gasteiger partial charge is 0.512 e. The maximum atomic E-state index is 13.5. The van der Waals surface area contributed by atoms with Gasteiger partial charge in [0.05, 0.1) is 5.52 Å². The van der Waals surface area contributed by atoms with Crippen molar-refractivity contribution in [3.63, 3.8) is 0 Å². The van der Waals surface area contributed by atoms with Crippen molar-refractivity contribution in [1.82, 2.24) is 4.98 Å².